The number of halogens is 4. The van der Waals surface area contributed by atoms with Crippen molar-refractivity contribution in [2.45, 2.75) is 44.3 Å². The van der Waals surface area contributed by atoms with Gasteiger partial charge in [0.1, 0.15) is 0 Å². The van der Waals surface area contributed by atoms with Crippen LogP contribution >= 0.6 is 11.6 Å². The average molecular weight is 424 g/mol. The molecule has 4 rings (SSSR count). The molecule has 10 heteroatoms. The molecule has 0 saturated heterocycles. The van der Waals surface area contributed by atoms with Gasteiger partial charge in [0.05, 0.1) is 34.5 Å². The van der Waals surface area contributed by atoms with Crippen molar-refractivity contribution < 1.29 is 13.2 Å². The third kappa shape index (κ3) is 3.55. The van der Waals surface area contributed by atoms with Crippen LogP contribution in [0.4, 0.5) is 13.2 Å². The molecule has 152 valence electrons. The Morgan fingerprint density at radius 3 is 2.79 bits per heavy atom. The lowest BCUT2D eigenvalue weighted by molar-refractivity contribution is -0.137. The van der Waals surface area contributed by atoms with Gasteiger partial charge in [0.2, 0.25) is 0 Å². The van der Waals surface area contributed by atoms with Gasteiger partial charge in [0.25, 0.3) is 5.56 Å². The van der Waals surface area contributed by atoms with Crippen LogP contribution in [-0.4, -0.2) is 25.0 Å². The molecule has 1 aromatic carbocycles. The SMILES string of the molecule is C[C@@]1(c2ccc(C(F)(F)F)cc2Cl)CCCc2c(Cc3cc(=O)[nH]cn3)nnn21. The zero-order valence-corrected chi connectivity index (χ0v) is 16.2. The summed E-state index contributed by atoms with van der Waals surface area (Å²) in [6.45, 7) is 1.90. The van der Waals surface area contributed by atoms with Crippen LogP contribution in [-0.2, 0) is 24.6 Å². The molecule has 0 fully saturated rings. The Labute approximate surface area is 168 Å². The molecule has 3 aromatic rings. The highest BCUT2D eigenvalue weighted by atomic mass is 35.5. The van der Waals surface area contributed by atoms with Gasteiger partial charge < -0.3 is 4.98 Å². The number of alkyl halides is 3. The molecule has 1 aliphatic heterocycles. The van der Waals surface area contributed by atoms with Crippen molar-refractivity contribution in [2.75, 3.05) is 0 Å². The molecule has 1 atom stereocenters. The maximum atomic E-state index is 13.0. The molecular weight excluding hydrogens is 407 g/mol. The van der Waals surface area contributed by atoms with Crippen LogP contribution in [0.5, 0.6) is 0 Å². The maximum Gasteiger partial charge on any atom is 0.416 e. The van der Waals surface area contributed by atoms with Gasteiger partial charge in [0, 0.05) is 17.5 Å². The first-order valence-corrected chi connectivity index (χ1v) is 9.41. The smallest absolute Gasteiger partial charge is 0.313 e. The number of rotatable bonds is 3. The topological polar surface area (TPSA) is 76.5 Å². The highest BCUT2D eigenvalue weighted by Crippen LogP contribution is 2.42. The molecule has 0 saturated carbocycles. The van der Waals surface area contributed by atoms with Gasteiger partial charge >= 0.3 is 6.18 Å². The second-order valence-corrected chi connectivity index (χ2v) is 7.70. The molecule has 1 N–H and O–H groups in total. The first-order chi connectivity index (χ1) is 13.7. The Morgan fingerprint density at radius 1 is 1.31 bits per heavy atom. The minimum atomic E-state index is -4.46. The lowest BCUT2D eigenvalue weighted by atomic mass is 9.83. The average Bonchev–Trinajstić information content (AvgIpc) is 3.05. The van der Waals surface area contributed by atoms with Crippen molar-refractivity contribution in [1.29, 1.82) is 0 Å². The van der Waals surface area contributed by atoms with Crippen LogP contribution in [0.2, 0.25) is 5.02 Å². The van der Waals surface area contributed by atoms with E-state index in [2.05, 4.69) is 20.3 Å². The first kappa shape index (κ1) is 19.6. The third-order valence-corrected chi connectivity index (χ3v) is 5.66. The molecule has 0 bridgehead atoms. The predicted octanol–water partition coefficient (Wildman–Crippen LogP) is 3.72. The fourth-order valence-electron chi connectivity index (χ4n) is 3.88. The monoisotopic (exact) mass is 423 g/mol. The Kier molecular flexibility index (Phi) is 4.72. The number of benzene rings is 1. The number of aromatic amines is 1. The van der Waals surface area contributed by atoms with Crippen LogP contribution < -0.4 is 5.56 Å². The number of H-pyrrole nitrogens is 1. The molecule has 0 radical (unpaired) electrons. The standard InChI is InChI=1S/C19H17ClF3N5O/c1-18(13-5-4-11(7-14(13)20)19(21,22)23)6-2-3-16-15(26-27-28(16)18)8-12-9-17(29)25-10-24-12/h4-5,7,9-10H,2-3,6,8H2,1H3,(H,24,25,29)/t18-/m0/s1. The summed E-state index contributed by atoms with van der Waals surface area (Å²) in [5, 5.41) is 8.60. The number of hydrogen-bond acceptors (Lipinski definition) is 4. The van der Waals surface area contributed by atoms with E-state index in [1.807, 2.05) is 6.92 Å². The van der Waals surface area contributed by atoms with Crippen molar-refractivity contribution in [3.63, 3.8) is 0 Å². The van der Waals surface area contributed by atoms with Crippen molar-refractivity contribution in [3.05, 3.63) is 74.2 Å². The first-order valence-electron chi connectivity index (χ1n) is 9.03. The van der Waals surface area contributed by atoms with E-state index >= 15 is 0 Å². The highest BCUT2D eigenvalue weighted by Gasteiger charge is 2.39. The van der Waals surface area contributed by atoms with E-state index in [0.29, 0.717) is 29.8 Å². The largest absolute Gasteiger partial charge is 0.416 e. The molecule has 29 heavy (non-hydrogen) atoms. The third-order valence-electron chi connectivity index (χ3n) is 5.35. The van der Waals surface area contributed by atoms with E-state index in [-0.39, 0.29) is 10.6 Å². The molecule has 0 spiro atoms. The Bertz CT molecular complexity index is 1120. The fourth-order valence-corrected chi connectivity index (χ4v) is 4.26. The summed E-state index contributed by atoms with van der Waals surface area (Å²) < 4.78 is 40.7. The maximum absolute atomic E-state index is 13.0. The van der Waals surface area contributed by atoms with Gasteiger partial charge in [-0.25, -0.2) is 9.67 Å². The Balaban J connectivity index is 1.73. The minimum Gasteiger partial charge on any atom is -0.313 e. The van der Waals surface area contributed by atoms with Crippen molar-refractivity contribution in [3.8, 4) is 0 Å². The predicted molar refractivity (Wildman–Crippen MR) is 99.8 cm³/mol. The number of fused-ring (bicyclic) bond motifs is 1. The number of aromatic nitrogens is 5. The number of hydrogen-bond donors (Lipinski definition) is 1. The van der Waals surface area contributed by atoms with Crippen molar-refractivity contribution in [1.82, 2.24) is 25.0 Å². The summed E-state index contributed by atoms with van der Waals surface area (Å²) in [6, 6.07) is 4.81. The van der Waals surface area contributed by atoms with E-state index in [4.69, 9.17) is 11.6 Å². The summed E-state index contributed by atoms with van der Waals surface area (Å²) in [5.74, 6) is 0. The van der Waals surface area contributed by atoms with Gasteiger partial charge in [-0.2, -0.15) is 13.2 Å². The molecule has 6 nitrogen and oxygen atoms in total. The van der Waals surface area contributed by atoms with Crippen molar-refractivity contribution >= 4 is 11.6 Å². The summed E-state index contributed by atoms with van der Waals surface area (Å²) in [6.07, 6.45) is -0.592. The zero-order chi connectivity index (χ0) is 20.8. The van der Waals surface area contributed by atoms with Crippen LogP contribution in [0.3, 0.4) is 0 Å². The second-order valence-electron chi connectivity index (χ2n) is 7.29. The fraction of sp³-hybridized carbons (Fsp3) is 0.368. The zero-order valence-electron chi connectivity index (χ0n) is 15.4. The van der Waals surface area contributed by atoms with Gasteiger partial charge in [0.15, 0.2) is 0 Å². The second kappa shape index (κ2) is 6.98. The van der Waals surface area contributed by atoms with Gasteiger partial charge in [-0.1, -0.05) is 22.9 Å². The van der Waals surface area contributed by atoms with Crippen LogP contribution in [0.1, 0.15) is 48.0 Å². The van der Waals surface area contributed by atoms with E-state index in [0.717, 1.165) is 30.7 Å². The summed E-state index contributed by atoms with van der Waals surface area (Å²) >= 11 is 6.27. The Hall–Kier alpha value is -2.68. The summed E-state index contributed by atoms with van der Waals surface area (Å²) in [5.41, 5.74) is 0.939. The minimum absolute atomic E-state index is 0.0449. The number of nitrogens with zero attached hydrogens (tertiary/aromatic N) is 4. The lowest BCUT2D eigenvalue weighted by Crippen LogP contribution is -2.37. The van der Waals surface area contributed by atoms with E-state index in [1.54, 1.807) is 4.68 Å². The van der Waals surface area contributed by atoms with Crippen LogP contribution in [0.15, 0.2) is 35.4 Å². The Morgan fingerprint density at radius 2 is 2.10 bits per heavy atom. The molecule has 0 amide bonds. The van der Waals surface area contributed by atoms with E-state index in [9.17, 15) is 18.0 Å². The van der Waals surface area contributed by atoms with Gasteiger partial charge in [-0.15, -0.1) is 5.10 Å². The molecule has 1 aliphatic rings. The lowest BCUT2D eigenvalue weighted by Gasteiger charge is -2.36. The van der Waals surface area contributed by atoms with Crippen LogP contribution in [0, 0.1) is 0 Å². The normalized spacial score (nSPS) is 19.2. The summed E-state index contributed by atoms with van der Waals surface area (Å²) in [7, 11) is 0. The number of nitrogens with one attached hydrogen (secondary N) is 1. The summed E-state index contributed by atoms with van der Waals surface area (Å²) in [4.78, 5) is 18.1. The van der Waals surface area contributed by atoms with E-state index in [1.165, 1.54) is 18.5 Å². The highest BCUT2D eigenvalue weighted by molar-refractivity contribution is 6.31. The van der Waals surface area contributed by atoms with Gasteiger partial charge in [-0.3, -0.25) is 4.79 Å². The molecule has 0 unspecified atom stereocenters. The molecule has 3 heterocycles. The quantitative estimate of drug-likeness (QED) is 0.696. The van der Waals surface area contributed by atoms with Crippen LogP contribution in [0.25, 0.3) is 0 Å². The van der Waals surface area contributed by atoms with E-state index < -0.39 is 17.3 Å². The molecule has 0 aliphatic carbocycles. The van der Waals surface area contributed by atoms with Crippen molar-refractivity contribution in [2.24, 2.45) is 0 Å². The molecule has 2 aromatic heterocycles. The molecular formula is C19H17ClF3N5O. The van der Waals surface area contributed by atoms with Gasteiger partial charge in [-0.05, 0) is 43.9 Å².